The number of nitrogen functional groups attached to an aromatic ring is 1. The zero-order valence-electron chi connectivity index (χ0n) is 10.4. The van der Waals surface area contributed by atoms with E-state index >= 15 is 0 Å². The molecule has 1 aromatic rings. The number of aliphatic hydroxyl groups excluding tert-OH is 1. The summed E-state index contributed by atoms with van der Waals surface area (Å²) in [7, 11) is 0. The largest absolute Gasteiger partial charge is 0.479 e. The van der Waals surface area contributed by atoms with Crippen molar-refractivity contribution >= 4 is 23.2 Å². The number of nitrogens with zero attached hydrogens (tertiary/aromatic N) is 1. The molecule has 2 rings (SSSR count). The Morgan fingerprint density at radius 1 is 1.58 bits per heavy atom. The van der Waals surface area contributed by atoms with Gasteiger partial charge in [0.1, 0.15) is 11.9 Å². The molecular weight excluding hydrogens is 250 g/mol. The van der Waals surface area contributed by atoms with Crippen LogP contribution in [0.3, 0.4) is 0 Å². The van der Waals surface area contributed by atoms with E-state index in [0.29, 0.717) is 11.4 Å². The van der Waals surface area contributed by atoms with Gasteiger partial charge in [0.15, 0.2) is 6.10 Å². The molecule has 19 heavy (non-hydrogen) atoms. The first-order valence-electron chi connectivity index (χ1n) is 5.78. The van der Waals surface area contributed by atoms with Crippen molar-refractivity contribution in [2.24, 2.45) is 5.73 Å². The number of carbonyl (C=O) groups is 2. The van der Waals surface area contributed by atoms with Gasteiger partial charge in [0, 0.05) is 12.2 Å². The standard InChI is InChI=1S/C12H15N3O4/c1-6-11(17)15(12(18)9(16)5-13)8-4-7(14)2-3-10(8)19-6/h2-4,6,9,16H,5,13-14H2,1H3. The number of fused-ring (bicyclic) bond motifs is 1. The maximum Gasteiger partial charge on any atom is 0.274 e. The average molecular weight is 265 g/mol. The highest BCUT2D eigenvalue weighted by molar-refractivity contribution is 6.19. The van der Waals surface area contributed by atoms with Crippen LogP contribution in [0.1, 0.15) is 6.92 Å². The Labute approximate surface area is 109 Å². The van der Waals surface area contributed by atoms with Gasteiger partial charge in [0.25, 0.3) is 11.8 Å². The second-order valence-electron chi connectivity index (χ2n) is 4.25. The highest BCUT2D eigenvalue weighted by Crippen LogP contribution is 2.35. The first-order chi connectivity index (χ1) is 8.95. The molecule has 7 heteroatoms. The van der Waals surface area contributed by atoms with E-state index < -0.39 is 24.0 Å². The number of rotatable bonds is 2. The summed E-state index contributed by atoms with van der Waals surface area (Å²) in [6.07, 6.45) is -2.26. The molecule has 0 saturated carbocycles. The monoisotopic (exact) mass is 265 g/mol. The summed E-state index contributed by atoms with van der Waals surface area (Å²) in [6.45, 7) is 1.26. The van der Waals surface area contributed by atoms with E-state index in [1.54, 1.807) is 12.1 Å². The van der Waals surface area contributed by atoms with E-state index in [4.69, 9.17) is 16.2 Å². The fraction of sp³-hybridized carbons (Fsp3) is 0.333. The summed E-state index contributed by atoms with van der Waals surface area (Å²) in [4.78, 5) is 25.0. The Kier molecular flexibility index (Phi) is 3.41. The molecule has 0 radical (unpaired) electrons. The van der Waals surface area contributed by atoms with Crippen LogP contribution in [0.2, 0.25) is 0 Å². The molecule has 1 heterocycles. The summed E-state index contributed by atoms with van der Waals surface area (Å²) >= 11 is 0. The third-order valence-corrected chi connectivity index (χ3v) is 2.82. The number of carbonyl (C=O) groups excluding carboxylic acids is 2. The molecule has 0 fully saturated rings. The van der Waals surface area contributed by atoms with Gasteiger partial charge in [-0.05, 0) is 25.1 Å². The van der Waals surface area contributed by atoms with E-state index in [2.05, 4.69) is 0 Å². The smallest absolute Gasteiger partial charge is 0.274 e. The number of aliphatic hydroxyl groups is 1. The van der Waals surface area contributed by atoms with Crippen molar-refractivity contribution in [2.45, 2.75) is 19.1 Å². The topological polar surface area (TPSA) is 119 Å². The van der Waals surface area contributed by atoms with Gasteiger partial charge >= 0.3 is 0 Å². The minimum atomic E-state index is -1.44. The van der Waals surface area contributed by atoms with E-state index in [-0.39, 0.29) is 12.2 Å². The molecule has 7 nitrogen and oxygen atoms in total. The summed E-state index contributed by atoms with van der Waals surface area (Å²) in [5.41, 5.74) is 11.5. The molecule has 0 aliphatic carbocycles. The number of hydrogen-bond acceptors (Lipinski definition) is 6. The van der Waals surface area contributed by atoms with Crippen molar-refractivity contribution in [2.75, 3.05) is 17.2 Å². The Bertz CT molecular complexity index is 532. The number of imide groups is 1. The molecule has 0 spiro atoms. The van der Waals surface area contributed by atoms with Crippen LogP contribution in [0, 0.1) is 0 Å². The van der Waals surface area contributed by atoms with Crippen molar-refractivity contribution < 1.29 is 19.4 Å². The molecule has 2 unspecified atom stereocenters. The fourth-order valence-electron chi connectivity index (χ4n) is 1.83. The van der Waals surface area contributed by atoms with Gasteiger partial charge in [-0.2, -0.15) is 0 Å². The third-order valence-electron chi connectivity index (χ3n) is 2.82. The van der Waals surface area contributed by atoms with Crippen LogP contribution in [0.5, 0.6) is 5.75 Å². The lowest BCUT2D eigenvalue weighted by Crippen LogP contribution is -2.52. The summed E-state index contributed by atoms with van der Waals surface area (Å²) in [6, 6.07) is 4.62. The summed E-state index contributed by atoms with van der Waals surface area (Å²) in [5.74, 6) is -0.982. The fourth-order valence-corrected chi connectivity index (χ4v) is 1.83. The second kappa shape index (κ2) is 4.87. The van der Waals surface area contributed by atoms with Crippen LogP contribution in [-0.4, -0.2) is 35.7 Å². The lowest BCUT2D eigenvalue weighted by Gasteiger charge is -2.32. The summed E-state index contributed by atoms with van der Waals surface area (Å²) in [5, 5.41) is 9.54. The highest BCUT2D eigenvalue weighted by Gasteiger charge is 2.37. The lowest BCUT2D eigenvalue weighted by atomic mass is 10.1. The van der Waals surface area contributed by atoms with Gasteiger partial charge in [0.2, 0.25) is 0 Å². The molecule has 0 aromatic heterocycles. The summed E-state index contributed by atoms with van der Waals surface area (Å²) < 4.78 is 5.38. The second-order valence-corrected chi connectivity index (χ2v) is 4.25. The maximum atomic E-state index is 12.0. The zero-order chi connectivity index (χ0) is 14.2. The number of nitrogens with two attached hydrogens (primary N) is 2. The maximum absolute atomic E-state index is 12.0. The van der Waals surface area contributed by atoms with Gasteiger partial charge in [-0.15, -0.1) is 0 Å². The van der Waals surface area contributed by atoms with Crippen LogP contribution in [-0.2, 0) is 9.59 Å². The molecule has 102 valence electrons. The van der Waals surface area contributed by atoms with E-state index in [1.165, 1.54) is 13.0 Å². The Morgan fingerprint density at radius 2 is 2.26 bits per heavy atom. The minimum Gasteiger partial charge on any atom is -0.479 e. The van der Waals surface area contributed by atoms with Crippen LogP contribution in [0.4, 0.5) is 11.4 Å². The minimum absolute atomic E-state index is 0.223. The van der Waals surface area contributed by atoms with Gasteiger partial charge in [-0.3, -0.25) is 9.59 Å². The zero-order valence-corrected chi connectivity index (χ0v) is 10.4. The van der Waals surface area contributed by atoms with Gasteiger partial charge in [-0.1, -0.05) is 0 Å². The Hall–Kier alpha value is -2.12. The van der Waals surface area contributed by atoms with E-state index in [0.717, 1.165) is 4.90 Å². The SMILES string of the molecule is CC1Oc2ccc(N)cc2N(C(=O)C(O)CN)C1=O. The van der Waals surface area contributed by atoms with Gasteiger partial charge < -0.3 is 21.3 Å². The van der Waals surface area contributed by atoms with Gasteiger partial charge in [0.05, 0.1) is 5.69 Å². The number of ether oxygens (including phenoxy) is 1. The molecule has 0 bridgehead atoms. The van der Waals surface area contributed by atoms with E-state index in [1.807, 2.05) is 0 Å². The molecule has 1 aliphatic rings. The Balaban J connectivity index is 2.50. The molecule has 2 atom stereocenters. The predicted octanol–water partition coefficient (Wildman–Crippen LogP) is -0.771. The molecular formula is C12H15N3O4. The van der Waals surface area contributed by atoms with Crippen LogP contribution in [0.15, 0.2) is 18.2 Å². The Morgan fingerprint density at radius 3 is 2.89 bits per heavy atom. The molecule has 1 aromatic carbocycles. The predicted molar refractivity (Wildman–Crippen MR) is 68.5 cm³/mol. The molecule has 2 amide bonds. The number of amides is 2. The normalized spacial score (nSPS) is 19.6. The van der Waals surface area contributed by atoms with E-state index in [9.17, 15) is 14.7 Å². The third kappa shape index (κ3) is 2.25. The number of benzene rings is 1. The van der Waals surface area contributed by atoms with Crippen molar-refractivity contribution in [3.8, 4) is 5.75 Å². The highest BCUT2D eigenvalue weighted by atomic mass is 16.5. The van der Waals surface area contributed by atoms with Crippen molar-refractivity contribution in [1.29, 1.82) is 0 Å². The van der Waals surface area contributed by atoms with Crippen LogP contribution < -0.4 is 21.1 Å². The van der Waals surface area contributed by atoms with Crippen molar-refractivity contribution in [3.05, 3.63) is 18.2 Å². The molecule has 1 aliphatic heterocycles. The lowest BCUT2D eigenvalue weighted by molar-refractivity contribution is -0.135. The quantitative estimate of drug-likeness (QED) is 0.604. The number of anilines is 2. The molecule has 5 N–H and O–H groups in total. The first kappa shape index (κ1) is 13.3. The molecule has 0 saturated heterocycles. The van der Waals surface area contributed by atoms with Crippen molar-refractivity contribution in [3.63, 3.8) is 0 Å². The van der Waals surface area contributed by atoms with Crippen LogP contribution in [0.25, 0.3) is 0 Å². The van der Waals surface area contributed by atoms with Gasteiger partial charge in [-0.25, -0.2) is 4.90 Å². The number of hydrogen-bond donors (Lipinski definition) is 3. The first-order valence-corrected chi connectivity index (χ1v) is 5.78. The van der Waals surface area contributed by atoms with Crippen LogP contribution >= 0.6 is 0 Å². The van der Waals surface area contributed by atoms with Crippen molar-refractivity contribution in [1.82, 2.24) is 0 Å². The average Bonchev–Trinajstić information content (AvgIpc) is 2.39.